The van der Waals surface area contributed by atoms with E-state index in [0.29, 0.717) is 13.0 Å². The van der Waals surface area contributed by atoms with Gasteiger partial charge in [0.2, 0.25) is 5.91 Å². The van der Waals surface area contributed by atoms with Gasteiger partial charge in [-0.05, 0) is 62.8 Å². The van der Waals surface area contributed by atoms with Gasteiger partial charge >= 0.3 is 0 Å². The Kier molecular flexibility index (Phi) is 4.76. The highest BCUT2D eigenvalue weighted by Gasteiger charge is 2.04. The van der Waals surface area contributed by atoms with Gasteiger partial charge in [-0.25, -0.2) is 0 Å². The molecule has 2 rings (SSSR count). The lowest BCUT2D eigenvalue weighted by atomic mass is 10.3. The summed E-state index contributed by atoms with van der Waals surface area (Å²) in [6.07, 6.45) is 3.95. The molecule has 2 aromatic rings. The second-order valence-electron chi connectivity index (χ2n) is 3.70. The number of rotatable bonds is 4. The highest BCUT2D eigenvalue weighted by Crippen LogP contribution is 2.22. The fourth-order valence-electron chi connectivity index (χ4n) is 1.45. The number of amides is 1. The maximum Gasteiger partial charge on any atom is 0.226 e. The van der Waals surface area contributed by atoms with Crippen LogP contribution in [0.15, 0.2) is 41.1 Å². The highest BCUT2D eigenvalue weighted by atomic mass is 127. The Morgan fingerprint density at radius 1 is 1.50 bits per heavy atom. The average Bonchev–Trinajstić information content (AvgIpc) is 2.84. The minimum atomic E-state index is -0.0152. The number of aromatic nitrogens is 2. The average molecular weight is 420 g/mol. The van der Waals surface area contributed by atoms with Crippen molar-refractivity contribution in [3.8, 4) is 0 Å². The Bertz CT molecular complexity index is 542. The third-order valence-corrected chi connectivity index (χ3v) is 4.67. The Balaban J connectivity index is 1.88. The molecule has 0 bridgehead atoms. The molecule has 1 N–H and O–H groups in total. The van der Waals surface area contributed by atoms with E-state index in [0.717, 1.165) is 13.7 Å². The van der Waals surface area contributed by atoms with Crippen LogP contribution in [0.2, 0.25) is 0 Å². The molecule has 1 amide bonds. The lowest BCUT2D eigenvalue weighted by Crippen LogP contribution is -2.14. The van der Waals surface area contributed by atoms with Crippen LogP contribution >= 0.6 is 38.5 Å². The number of benzene rings is 1. The number of hydrogen-bond acceptors (Lipinski definition) is 2. The molecule has 1 heterocycles. The van der Waals surface area contributed by atoms with Crippen molar-refractivity contribution < 1.29 is 4.79 Å². The summed E-state index contributed by atoms with van der Waals surface area (Å²) < 4.78 is 3.83. The molecule has 18 heavy (non-hydrogen) atoms. The smallest absolute Gasteiger partial charge is 0.226 e. The largest absolute Gasteiger partial charge is 0.326 e. The molecule has 0 fully saturated rings. The zero-order valence-electron chi connectivity index (χ0n) is 9.44. The first kappa shape index (κ1) is 13.5. The van der Waals surface area contributed by atoms with Crippen molar-refractivity contribution in [1.82, 2.24) is 9.78 Å². The van der Waals surface area contributed by atoms with E-state index in [1.807, 2.05) is 30.5 Å². The molecular formula is C12H11BrIN3O. The van der Waals surface area contributed by atoms with Crippen LogP contribution in [0.3, 0.4) is 0 Å². The van der Waals surface area contributed by atoms with Crippen molar-refractivity contribution in [2.24, 2.45) is 0 Å². The van der Waals surface area contributed by atoms with Crippen LogP contribution in [-0.2, 0) is 11.3 Å². The minimum Gasteiger partial charge on any atom is -0.326 e. The van der Waals surface area contributed by atoms with Gasteiger partial charge in [-0.1, -0.05) is 0 Å². The number of halogens is 2. The molecule has 0 atom stereocenters. The maximum absolute atomic E-state index is 11.7. The summed E-state index contributed by atoms with van der Waals surface area (Å²) in [7, 11) is 0. The molecule has 0 aliphatic carbocycles. The van der Waals surface area contributed by atoms with Crippen molar-refractivity contribution in [2.45, 2.75) is 13.0 Å². The fourth-order valence-corrected chi connectivity index (χ4v) is 2.16. The zero-order chi connectivity index (χ0) is 13.0. The van der Waals surface area contributed by atoms with E-state index in [1.54, 1.807) is 10.9 Å². The van der Waals surface area contributed by atoms with Gasteiger partial charge in [0.15, 0.2) is 0 Å². The molecule has 0 saturated heterocycles. The summed E-state index contributed by atoms with van der Waals surface area (Å²) in [4.78, 5) is 11.7. The molecule has 6 heteroatoms. The van der Waals surface area contributed by atoms with E-state index in [4.69, 9.17) is 0 Å². The predicted octanol–water partition coefficient (Wildman–Crippen LogP) is 3.28. The van der Waals surface area contributed by atoms with E-state index in [-0.39, 0.29) is 5.91 Å². The van der Waals surface area contributed by atoms with Crippen molar-refractivity contribution in [1.29, 1.82) is 0 Å². The van der Waals surface area contributed by atoms with Crippen LogP contribution in [0.5, 0.6) is 0 Å². The lowest BCUT2D eigenvalue weighted by Gasteiger charge is -2.06. The molecule has 4 nitrogen and oxygen atoms in total. The van der Waals surface area contributed by atoms with Crippen molar-refractivity contribution in [3.05, 3.63) is 44.7 Å². The second-order valence-corrected chi connectivity index (χ2v) is 5.71. The van der Waals surface area contributed by atoms with Gasteiger partial charge < -0.3 is 5.32 Å². The number of nitrogens with zero attached hydrogens (tertiary/aromatic N) is 2. The van der Waals surface area contributed by atoms with Crippen molar-refractivity contribution >= 4 is 50.1 Å². The van der Waals surface area contributed by atoms with Crippen molar-refractivity contribution in [2.75, 3.05) is 5.32 Å². The van der Waals surface area contributed by atoms with E-state index in [9.17, 15) is 4.79 Å². The van der Waals surface area contributed by atoms with E-state index in [2.05, 4.69) is 48.9 Å². The number of carbonyl (C=O) groups excluding carboxylic acids is 1. The highest BCUT2D eigenvalue weighted by molar-refractivity contribution is 14.1. The summed E-state index contributed by atoms with van der Waals surface area (Å²) >= 11 is 5.66. The van der Waals surface area contributed by atoms with E-state index in [1.165, 1.54) is 0 Å². The molecule has 94 valence electrons. The number of nitrogens with one attached hydrogen (secondary N) is 1. The van der Waals surface area contributed by atoms with Crippen LogP contribution < -0.4 is 5.32 Å². The van der Waals surface area contributed by atoms with Crippen LogP contribution in [0.1, 0.15) is 6.42 Å². The Morgan fingerprint density at radius 2 is 2.33 bits per heavy atom. The Hall–Kier alpha value is -0.890. The molecule has 1 aromatic heterocycles. The van der Waals surface area contributed by atoms with E-state index >= 15 is 0 Å². The number of carbonyl (C=O) groups is 1. The van der Waals surface area contributed by atoms with Crippen LogP contribution in [0.4, 0.5) is 5.69 Å². The first-order valence-corrected chi connectivity index (χ1v) is 7.24. The standard InChI is InChI=1S/C12H11BrIN3O/c13-10-8-9(2-3-11(10)14)16-12(18)4-7-17-6-1-5-15-17/h1-3,5-6,8H,4,7H2,(H,16,18). The third kappa shape index (κ3) is 3.81. The third-order valence-electron chi connectivity index (χ3n) is 2.33. The molecule has 0 aliphatic heterocycles. The molecular weight excluding hydrogens is 409 g/mol. The summed E-state index contributed by atoms with van der Waals surface area (Å²) in [5, 5.41) is 6.91. The van der Waals surface area contributed by atoms with Gasteiger partial charge in [0, 0.05) is 39.1 Å². The molecule has 0 aliphatic rings. The van der Waals surface area contributed by atoms with Crippen LogP contribution in [0.25, 0.3) is 0 Å². The topological polar surface area (TPSA) is 46.9 Å². The van der Waals surface area contributed by atoms with E-state index < -0.39 is 0 Å². The van der Waals surface area contributed by atoms with Gasteiger partial charge in [0.25, 0.3) is 0 Å². The number of anilines is 1. The molecule has 1 aromatic carbocycles. The van der Waals surface area contributed by atoms with Crippen molar-refractivity contribution in [3.63, 3.8) is 0 Å². The first-order chi connectivity index (χ1) is 8.65. The number of aryl methyl sites for hydroxylation is 1. The fraction of sp³-hybridized carbons (Fsp3) is 0.167. The summed E-state index contributed by atoms with van der Waals surface area (Å²) in [6.45, 7) is 0.588. The van der Waals surface area contributed by atoms with Gasteiger partial charge in [-0.3, -0.25) is 9.48 Å². The number of hydrogen-bond donors (Lipinski definition) is 1. The van der Waals surface area contributed by atoms with Crippen LogP contribution in [0, 0.1) is 3.57 Å². The van der Waals surface area contributed by atoms with Gasteiger partial charge in [0.1, 0.15) is 0 Å². The molecule has 0 radical (unpaired) electrons. The summed E-state index contributed by atoms with van der Waals surface area (Å²) in [5.74, 6) is -0.0152. The molecule has 0 spiro atoms. The van der Waals surface area contributed by atoms with Gasteiger partial charge in [0.05, 0.1) is 0 Å². The lowest BCUT2D eigenvalue weighted by molar-refractivity contribution is -0.116. The monoisotopic (exact) mass is 419 g/mol. The predicted molar refractivity (Wildman–Crippen MR) is 82.3 cm³/mol. The first-order valence-electron chi connectivity index (χ1n) is 5.37. The molecule has 0 saturated carbocycles. The SMILES string of the molecule is O=C(CCn1cccn1)Nc1ccc(I)c(Br)c1. The van der Waals surface area contributed by atoms with Gasteiger partial charge in [-0.15, -0.1) is 0 Å². The van der Waals surface area contributed by atoms with Crippen LogP contribution in [-0.4, -0.2) is 15.7 Å². The summed E-state index contributed by atoms with van der Waals surface area (Å²) in [5.41, 5.74) is 0.799. The quantitative estimate of drug-likeness (QED) is 0.773. The Labute approximate surface area is 127 Å². The Morgan fingerprint density at radius 3 is 3.00 bits per heavy atom. The zero-order valence-corrected chi connectivity index (χ0v) is 13.2. The minimum absolute atomic E-state index is 0.0152. The summed E-state index contributed by atoms with van der Waals surface area (Å²) in [6, 6.07) is 7.58. The second kappa shape index (κ2) is 6.33. The maximum atomic E-state index is 11.7. The molecule has 0 unspecified atom stereocenters. The van der Waals surface area contributed by atoms with Gasteiger partial charge in [-0.2, -0.15) is 5.10 Å². The normalized spacial score (nSPS) is 10.3.